The first-order chi connectivity index (χ1) is 23.7. The highest BCUT2D eigenvalue weighted by molar-refractivity contribution is 7.46. The van der Waals surface area contributed by atoms with Crippen LogP contribution >= 0.6 is 7.82 Å². The number of esters is 2. The highest BCUT2D eigenvalue weighted by Gasteiger charge is 2.35. The number of carbonyl (C=O) groups excluding carboxylic acids is 2. The number of hydrogen-bond acceptors (Lipinski definition) is 7. The van der Waals surface area contributed by atoms with Crippen LogP contribution in [0.5, 0.6) is 0 Å². The standard InChI is InChI=1S/C39H63O9P/c1-3-5-7-8-9-10-13-18-21-24-28-32-39(41)47-35(34-46-49(42,43)44)33-45-38(40)31-27-23-20-17-15-12-11-14-16-19-22-26-30-37-36(48-37)29-25-6-4-2/h6,8-9,12,14-16,20,22-23,25-26,35-37H,3-5,7,10-11,13,17-19,21,24,27-34H2,1-2H3,(H2,42,43,44)/b9-8-,15-12-,16-14-,23-20-,25-6-,26-22-/t35-,36?,37?/m1/s1. The third-order valence-corrected chi connectivity index (χ3v) is 8.11. The Bertz CT molecular complexity index is 1090. The van der Waals surface area contributed by atoms with E-state index in [1.165, 1.54) is 12.8 Å². The van der Waals surface area contributed by atoms with Crippen molar-refractivity contribution in [1.29, 1.82) is 0 Å². The molecule has 0 aromatic rings. The first-order valence-electron chi connectivity index (χ1n) is 18.4. The zero-order valence-electron chi connectivity index (χ0n) is 30.0. The average Bonchev–Trinajstić information content (AvgIpc) is 3.82. The molecule has 0 aromatic heterocycles. The molecule has 0 radical (unpaired) electrons. The van der Waals surface area contributed by atoms with E-state index in [0.717, 1.165) is 77.0 Å². The molecule has 1 heterocycles. The van der Waals surface area contributed by atoms with Crippen molar-refractivity contribution in [2.75, 3.05) is 13.2 Å². The minimum absolute atomic E-state index is 0.133. The normalized spacial score (nSPS) is 17.5. The Labute approximate surface area is 295 Å². The molecule has 0 bridgehead atoms. The van der Waals surface area contributed by atoms with Crippen LogP contribution in [0.2, 0.25) is 0 Å². The Morgan fingerprint density at radius 1 is 0.653 bits per heavy atom. The second-order valence-corrected chi connectivity index (χ2v) is 13.4. The molecule has 0 aromatic carbocycles. The summed E-state index contributed by atoms with van der Waals surface area (Å²) in [5.41, 5.74) is 0. The zero-order valence-corrected chi connectivity index (χ0v) is 30.9. The van der Waals surface area contributed by atoms with Crippen LogP contribution < -0.4 is 0 Å². The zero-order chi connectivity index (χ0) is 35.8. The molecule has 3 atom stereocenters. The van der Waals surface area contributed by atoms with E-state index in [1.54, 1.807) is 0 Å². The van der Waals surface area contributed by atoms with E-state index in [-0.39, 0.29) is 19.4 Å². The molecular formula is C39H63O9P. The molecule has 0 amide bonds. The molecule has 10 heteroatoms. The lowest BCUT2D eigenvalue weighted by Gasteiger charge is -2.18. The number of carbonyl (C=O) groups is 2. The Morgan fingerprint density at radius 2 is 1.20 bits per heavy atom. The van der Waals surface area contributed by atoms with Crippen LogP contribution in [0.25, 0.3) is 0 Å². The Morgan fingerprint density at radius 3 is 1.84 bits per heavy atom. The lowest BCUT2D eigenvalue weighted by atomic mass is 10.1. The van der Waals surface area contributed by atoms with Gasteiger partial charge in [0.05, 0.1) is 18.8 Å². The molecule has 49 heavy (non-hydrogen) atoms. The number of unbranched alkanes of at least 4 members (excludes halogenated alkanes) is 7. The smallest absolute Gasteiger partial charge is 0.462 e. The van der Waals surface area contributed by atoms with Crippen molar-refractivity contribution in [3.63, 3.8) is 0 Å². The maximum Gasteiger partial charge on any atom is 0.469 e. The van der Waals surface area contributed by atoms with Crippen LogP contribution in [0.15, 0.2) is 72.9 Å². The molecule has 1 saturated heterocycles. The van der Waals surface area contributed by atoms with Gasteiger partial charge < -0.3 is 24.0 Å². The molecule has 1 fully saturated rings. The second kappa shape index (κ2) is 30.3. The Hall–Kier alpha value is -2.55. The molecule has 0 aliphatic carbocycles. The lowest BCUT2D eigenvalue weighted by molar-refractivity contribution is -0.161. The Balaban J connectivity index is 2.16. The van der Waals surface area contributed by atoms with Gasteiger partial charge in [-0.25, -0.2) is 4.57 Å². The van der Waals surface area contributed by atoms with Crippen LogP contribution in [-0.4, -0.2) is 53.3 Å². The molecule has 2 N–H and O–H groups in total. The molecule has 9 nitrogen and oxygen atoms in total. The predicted molar refractivity (Wildman–Crippen MR) is 197 cm³/mol. The highest BCUT2D eigenvalue weighted by Crippen LogP contribution is 2.36. The van der Waals surface area contributed by atoms with Crippen molar-refractivity contribution in [2.24, 2.45) is 0 Å². The first-order valence-corrected chi connectivity index (χ1v) is 19.9. The van der Waals surface area contributed by atoms with Gasteiger partial charge in [0, 0.05) is 12.8 Å². The van der Waals surface area contributed by atoms with Crippen molar-refractivity contribution in [3.8, 4) is 0 Å². The number of phosphoric ester groups is 1. The molecule has 1 rings (SSSR count). The fourth-order valence-corrected chi connectivity index (χ4v) is 5.13. The molecule has 2 unspecified atom stereocenters. The average molecular weight is 707 g/mol. The SMILES string of the molecule is CC/C=C\CC1OC1C/C=C\C/C=C\C/C=C\C/C=C\CCC(=O)OC[C@H](COP(=O)(O)O)OC(=O)CCCCCCC/C=C\CCCC. The molecular weight excluding hydrogens is 643 g/mol. The van der Waals surface area contributed by atoms with Crippen LogP contribution in [0.3, 0.4) is 0 Å². The van der Waals surface area contributed by atoms with E-state index >= 15 is 0 Å². The van der Waals surface area contributed by atoms with Gasteiger partial charge in [-0.1, -0.05) is 119 Å². The number of allylic oxidation sites excluding steroid dienone is 10. The number of ether oxygens (including phenoxy) is 3. The maximum atomic E-state index is 12.3. The van der Waals surface area contributed by atoms with Crippen molar-refractivity contribution >= 4 is 19.8 Å². The summed E-state index contributed by atoms with van der Waals surface area (Å²) in [6.07, 6.45) is 41.1. The van der Waals surface area contributed by atoms with Crippen LogP contribution in [0, 0.1) is 0 Å². The van der Waals surface area contributed by atoms with Gasteiger partial charge in [-0.05, 0) is 70.6 Å². The van der Waals surface area contributed by atoms with Gasteiger partial charge in [0.2, 0.25) is 0 Å². The van der Waals surface area contributed by atoms with E-state index in [4.69, 9.17) is 24.0 Å². The van der Waals surface area contributed by atoms with E-state index < -0.39 is 32.5 Å². The predicted octanol–water partition coefficient (Wildman–Crippen LogP) is 9.72. The van der Waals surface area contributed by atoms with Gasteiger partial charge in [0.15, 0.2) is 6.10 Å². The van der Waals surface area contributed by atoms with E-state index in [2.05, 4.69) is 79.1 Å². The summed E-state index contributed by atoms with van der Waals surface area (Å²) in [4.78, 5) is 42.6. The minimum Gasteiger partial charge on any atom is -0.462 e. The van der Waals surface area contributed by atoms with Gasteiger partial charge >= 0.3 is 19.8 Å². The summed E-state index contributed by atoms with van der Waals surface area (Å²) in [6.45, 7) is 3.42. The minimum atomic E-state index is -4.77. The number of rotatable bonds is 31. The summed E-state index contributed by atoms with van der Waals surface area (Å²) in [5, 5.41) is 0. The third-order valence-electron chi connectivity index (χ3n) is 7.62. The second-order valence-electron chi connectivity index (χ2n) is 12.2. The molecule has 1 aliphatic rings. The molecule has 278 valence electrons. The highest BCUT2D eigenvalue weighted by atomic mass is 31.2. The quantitative estimate of drug-likeness (QED) is 0.0238. The van der Waals surface area contributed by atoms with Crippen LogP contribution in [-0.2, 0) is 32.9 Å². The van der Waals surface area contributed by atoms with Crippen molar-refractivity contribution < 1.29 is 42.7 Å². The lowest BCUT2D eigenvalue weighted by Crippen LogP contribution is -2.29. The molecule has 0 spiro atoms. The van der Waals surface area contributed by atoms with Crippen molar-refractivity contribution in [1.82, 2.24) is 0 Å². The van der Waals surface area contributed by atoms with Crippen molar-refractivity contribution in [3.05, 3.63) is 72.9 Å². The van der Waals surface area contributed by atoms with Gasteiger partial charge in [0.25, 0.3) is 0 Å². The summed E-state index contributed by atoms with van der Waals surface area (Å²) in [6, 6.07) is 0. The largest absolute Gasteiger partial charge is 0.469 e. The van der Waals surface area contributed by atoms with E-state index in [9.17, 15) is 14.2 Å². The monoisotopic (exact) mass is 706 g/mol. The summed E-state index contributed by atoms with van der Waals surface area (Å²) in [5.74, 6) is -1.01. The van der Waals surface area contributed by atoms with Gasteiger partial charge in [0.1, 0.15) is 6.61 Å². The molecule has 0 saturated carbocycles. The first kappa shape index (κ1) is 44.5. The number of hydrogen-bond donors (Lipinski definition) is 2. The fourth-order valence-electron chi connectivity index (χ4n) is 4.77. The Kier molecular flexibility index (Phi) is 27.5. The van der Waals surface area contributed by atoms with Gasteiger partial charge in [-0.15, -0.1) is 0 Å². The van der Waals surface area contributed by atoms with Crippen LogP contribution in [0.4, 0.5) is 0 Å². The fraction of sp³-hybridized carbons (Fsp3) is 0.641. The van der Waals surface area contributed by atoms with Crippen molar-refractivity contribution in [2.45, 2.75) is 148 Å². The summed E-state index contributed by atoms with van der Waals surface area (Å²) in [7, 11) is -4.77. The third kappa shape index (κ3) is 30.0. The van der Waals surface area contributed by atoms with Crippen LogP contribution in [0.1, 0.15) is 129 Å². The topological polar surface area (TPSA) is 132 Å². The van der Waals surface area contributed by atoms with Gasteiger partial charge in [-0.2, -0.15) is 0 Å². The number of epoxide rings is 1. The maximum absolute atomic E-state index is 12.3. The molecule has 1 aliphatic heterocycles. The van der Waals surface area contributed by atoms with Gasteiger partial charge in [-0.3, -0.25) is 14.1 Å². The van der Waals surface area contributed by atoms with E-state index in [0.29, 0.717) is 25.0 Å². The van der Waals surface area contributed by atoms with E-state index in [1.807, 2.05) is 12.2 Å². The summed E-state index contributed by atoms with van der Waals surface area (Å²) < 4.78 is 31.8. The summed E-state index contributed by atoms with van der Waals surface area (Å²) >= 11 is 0. The number of phosphoric acid groups is 1.